The second kappa shape index (κ2) is 5.31. The maximum atomic E-state index is 5.79. The van der Waals surface area contributed by atoms with Crippen LogP contribution in [-0.2, 0) is 6.42 Å². The van der Waals surface area contributed by atoms with E-state index in [2.05, 4.69) is 31.3 Å². The number of aryl methyl sites for hydroxylation is 1. The van der Waals surface area contributed by atoms with Crippen LogP contribution in [0.4, 0.5) is 17.1 Å². The van der Waals surface area contributed by atoms with Crippen molar-refractivity contribution in [1.29, 1.82) is 0 Å². The molecular weight excluding hydrogens is 242 g/mol. The molecule has 18 heavy (non-hydrogen) atoms. The summed E-state index contributed by atoms with van der Waals surface area (Å²) in [6, 6.07) is 10.4. The second-order valence-electron chi connectivity index (χ2n) is 4.61. The van der Waals surface area contributed by atoms with Crippen molar-refractivity contribution in [3.8, 4) is 0 Å². The van der Waals surface area contributed by atoms with E-state index < -0.39 is 0 Å². The topological polar surface area (TPSA) is 64.1 Å². The van der Waals surface area contributed by atoms with E-state index in [9.17, 15) is 0 Å². The molecule has 2 aromatic rings. The summed E-state index contributed by atoms with van der Waals surface area (Å²) in [6.07, 6.45) is 1.02. The molecular formula is C14H19N3S. The van der Waals surface area contributed by atoms with Crippen molar-refractivity contribution >= 4 is 28.4 Å². The van der Waals surface area contributed by atoms with Crippen LogP contribution in [0.2, 0.25) is 0 Å². The molecule has 1 heterocycles. The Balaban J connectivity index is 1.98. The average molecular weight is 261 g/mol. The van der Waals surface area contributed by atoms with Gasteiger partial charge in [0.2, 0.25) is 0 Å². The molecule has 0 amide bonds. The molecule has 1 atom stereocenters. The molecule has 0 saturated heterocycles. The van der Waals surface area contributed by atoms with Crippen LogP contribution in [0.1, 0.15) is 16.7 Å². The molecule has 0 fully saturated rings. The lowest BCUT2D eigenvalue weighted by Crippen LogP contribution is -2.17. The third kappa shape index (κ3) is 3.17. The summed E-state index contributed by atoms with van der Waals surface area (Å²) in [5, 5.41) is 3.44. The quantitative estimate of drug-likeness (QED) is 0.740. The van der Waals surface area contributed by atoms with Gasteiger partial charge in [-0.1, -0.05) is 0 Å². The van der Waals surface area contributed by atoms with Crippen molar-refractivity contribution in [3.05, 3.63) is 40.1 Å². The number of nitrogens with one attached hydrogen (secondary N) is 1. The van der Waals surface area contributed by atoms with Crippen LogP contribution in [0.3, 0.4) is 0 Å². The highest BCUT2D eigenvalue weighted by atomic mass is 32.1. The number of thiophene rings is 1. The Morgan fingerprint density at radius 3 is 2.56 bits per heavy atom. The molecule has 1 unspecified atom stereocenters. The molecule has 0 saturated carbocycles. The van der Waals surface area contributed by atoms with Gasteiger partial charge in [-0.3, -0.25) is 0 Å². The van der Waals surface area contributed by atoms with Gasteiger partial charge in [0.1, 0.15) is 0 Å². The first kappa shape index (κ1) is 12.8. The molecule has 0 aliphatic heterocycles. The van der Waals surface area contributed by atoms with Gasteiger partial charge in [0.05, 0.1) is 11.4 Å². The highest BCUT2D eigenvalue weighted by Gasteiger charge is 2.06. The van der Waals surface area contributed by atoms with Crippen LogP contribution in [0.15, 0.2) is 30.3 Å². The van der Waals surface area contributed by atoms with Gasteiger partial charge < -0.3 is 16.8 Å². The van der Waals surface area contributed by atoms with Crippen LogP contribution in [-0.4, -0.2) is 6.04 Å². The molecule has 0 aliphatic rings. The standard InChI is InChI=1S/C14H19N3S/c1-9(7-12-5-3-10(2)18-12)17-11-4-6-13(15)14(16)8-11/h3-6,8-9,17H,7,15-16H2,1-2H3. The van der Waals surface area contributed by atoms with E-state index in [1.165, 1.54) is 9.75 Å². The van der Waals surface area contributed by atoms with Crippen molar-refractivity contribution in [2.45, 2.75) is 26.3 Å². The molecule has 4 heteroatoms. The minimum absolute atomic E-state index is 0.367. The number of hydrogen-bond acceptors (Lipinski definition) is 4. The molecule has 0 aliphatic carbocycles. The van der Waals surface area contributed by atoms with E-state index in [-0.39, 0.29) is 0 Å². The molecule has 2 rings (SSSR count). The van der Waals surface area contributed by atoms with Crippen LogP contribution in [0, 0.1) is 6.92 Å². The fourth-order valence-electron chi connectivity index (χ4n) is 1.90. The van der Waals surface area contributed by atoms with Gasteiger partial charge in [-0.05, 0) is 44.2 Å². The number of hydrogen-bond donors (Lipinski definition) is 3. The van der Waals surface area contributed by atoms with E-state index in [4.69, 9.17) is 11.5 Å². The Kier molecular flexibility index (Phi) is 3.77. The first-order valence-electron chi connectivity index (χ1n) is 6.01. The zero-order chi connectivity index (χ0) is 13.1. The molecule has 3 nitrogen and oxygen atoms in total. The Bertz CT molecular complexity index is 534. The fraction of sp³-hybridized carbons (Fsp3) is 0.286. The van der Waals surface area contributed by atoms with Crippen LogP contribution >= 0.6 is 11.3 Å². The number of nitrogen functional groups attached to an aromatic ring is 2. The first-order valence-corrected chi connectivity index (χ1v) is 6.83. The maximum absolute atomic E-state index is 5.79. The number of anilines is 3. The third-order valence-electron chi connectivity index (χ3n) is 2.80. The van der Waals surface area contributed by atoms with Crippen molar-refractivity contribution < 1.29 is 0 Å². The van der Waals surface area contributed by atoms with Gasteiger partial charge in [-0.2, -0.15) is 0 Å². The lowest BCUT2D eigenvalue weighted by molar-refractivity contribution is 0.801. The van der Waals surface area contributed by atoms with E-state index in [0.717, 1.165) is 12.1 Å². The molecule has 0 radical (unpaired) electrons. The molecule has 5 N–H and O–H groups in total. The van der Waals surface area contributed by atoms with Crippen molar-refractivity contribution in [2.75, 3.05) is 16.8 Å². The zero-order valence-electron chi connectivity index (χ0n) is 10.7. The van der Waals surface area contributed by atoms with E-state index in [0.29, 0.717) is 17.4 Å². The lowest BCUT2D eigenvalue weighted by atomic mass is 10.2. The predicted octanol–water partition coefficient (Wildman–Crippen LogP) is 3.26. The number of benzene rings is 1. The Labute approximate surface area is 112 Å². The zero-order valence-corrected chi connectivity index (χ0v) is 11.6. The first-order chi connectivity index (χ1) is 8.54. The van der Waals surface area contributed by atoms with Crippen molar-refractivity contribution in [2.24, 2.45) is 0 Å². The number of nitrogens with two attached hydrogens (primary N) is 2. The predicted molar refractivity (Wildman–Crippen MR) is 81.1 cm³/mol. The smallest absolute Gasteiger partial charge is 0.0568 e. The van der Waals surface area contributed by atoms with E-state index >= 15 is 0 Å². The molecule has 1 aromatic carbocycles. The highest BCUT2D eigenvalue weighted by Crippen LogP contribution is 2.22. The minimum Gasteiger partial charge on any atom is -0.397 e. The van der Waals surface area contributed by atoms with Gasteiger partial charge >= 0.3 is 0 Å². The SMILES string of the molecule is Cc1ccc(CC(C)Nc2ccc(N)c(N)c2)s1. The van der Waals surface area contributed by atoms with Crippen LogP contribution in [0.5, 0.6) is 0 Å². The second-order valence-corrected chi connectivity index (χ2v) is 5.98. The summed E-state index contributed by atoms with van der Waals surface area (Å²) in [5.41, 5.74) is 13.8. The van der Waals surface area contributed by atoms with Gasteiger partial charge in [0.25, 0.3) is 0 Å². The Hall–Kier alpha value is -1.68. The summed E-state index contributed by atoms with van der Waals surface area (Å²) in [6.45, 7) is 4.30. The van der Waals surface area contributed by atoms with E-state index in [1.54, 1.807) is 0 Å². The highest BCUT2D eigenvalue weighted by molar-refractivity contribution is 7.11. The molecule has 96 valence electrons. The van der Waals surface area contributed by atoms with Crippen LogP contribution in [0.25, 0.3) is 0 Å². The minimum atomic E-state index is 0.367. The van der Waals surface area contributed by atoms with E-state index in [1.807, 2.05) is 29.5 Å². The van der Waals surface area contributed by atoms with Gasteiger partial charge in [0.15, 0.2) is 0 Å². The average Bonchev–Trinajstić information content (AvgIpc) is 2.69. The van der Waals surface area contributed by atoms with Gasteiger partial charge in [0, 0.05) is 27.9 Å². The normalized spacial score (nSPS) is 12.3. The van der Waals surface area contributed by atoms with Crippen molar-refractivity contribution in [1.82, 2.24) is 0 Å². The fourth-order valence-corrected chi connectivity index (χ4v) is 2.92. The lowest BCUT2D eigenvalue weighted by Gasteiger charge is -2.15. The molecule has 0 bridgehead atoms. The summed E-state index contributed by atoms with van der Waals surface area (Å²) < 4.78 is 0. The molecule has 1 aromatic heterocycles. The van der Waals surface area contributed by atoms with Crippen molar-refractivity contribution in [3.63, 3.8) is 0 Å². The third-order valence-corrected chi connectivity index (χ3v) is 3.83. The number of rotatable bonds is 4. The molecule has 0 spiro atoms. The summed E-state index contributed by atoms with van der Waals surface area (Å²) in [5.74, 6) is 0. The largest absolute Gasteiger partial charge is 0.397 e. The van der Waals surface area contributed by atoms with Gasteiger partial charge in [-0.25, -0.2) is 0 Å². The Morgan fingerprint density at radius 1 is 1.17 bits per heavy atom. The van der Waals surface area contributed by atoms with Crippen LogP contribution < -0.4 is 16.8 Å². The Morgan fingerprint density at radius 2 is 1.94 bits per heavy atom. The maximum Gasteiger partial charge on any atom is 0.0568 e. The van der Waals surface area contributed by atoms with Gasteiger partial charge in [-0.15, -0.1) is 11.3 Å². The monoisotopic (exact) mass is 261 g/mol. The summed E-state index contributed by atoms with van der Waals surface area (Å²) in [7, 11) is 0. The summed E-state index contributed by atoms with van der Waals surface area (Å²) >= 11 is 1.85. The summed E-state index contributed by atoms with van der Waals surface area (Å²) in [4.78, 5) is 2.75.